The fraction of sp³-hybridized carbons (Fsp3) is 0.474. The molecular formula is C19H20F2N4O4. The molecule has 0 unspecified atom stereocenters. The van der Waals surface area contributed by atoms with Crippen LogP contribution >= 0.6 is 0 Å². The van der Waals surface area contributed by atoms with Gasteiger partial charge in [-0.15, -0.1) is 0 Å². The van der Waals surface area contributed by atoms with Gasteiger partial charge in [0.1, 0.15) is 5.69 Å². The maximum absolute atomic E-state index is 12.9. The van der Waals surface area contributed by atoms with E-state index < -0.39 is 12.5 Å². The number of pyridine rings is 1. The minimum absolute atomic E-state index is 0.0196. The van der Waals surface area contributed by atoms with E-state index in [4.69, 9.17) is 9.26 Å². The van der Waals surface area contributed by atoms with E-state index >= 15 is 0 Å². The first kappa shape index (κ1) is 19.3. The Balaban J connectivity index is 1.53. The van der Waals surface area contributed by atoms with Crippen LogP contribution in [0.2, 0.25) is 0 Å². The van der Waals surface area contributed by atoms with Crippen molar-refractivity contribution in [3.05, 3.63) is 40.8 Å². The summed E-state index contributed by atoms with van der Waals surface area (Å²) in [6.07, 6.45) is -0.773. The van der Waals surface area contributed by atoms with Gasteiger partial charge in [-0.1, -0.05) is 5.16 Å². The smallest absolute Gasteiger partial charge is 0.416 e. The second-order valence-corrected chi connectivity index (χ2v) is 7.17. The number of ether oxygens (including phenoxy) is 1. The van der Waals surface area contributed by atoms with E-state index in [1.807, 2.05) is 6.92 Å². The number of amides is 2. The second kappa shape index (κ2) is 7.76. The van der Waals surface area contributed by atoms with E-state index in [0.29, 0.717) is 48.7 Å². The highest BCUT2D eigenvalue weighted by Crippen LogP contribution is 2.33. The van der Waals surface area contributed by atoms with E-state index in [1.165, 1.54) is 17.2 Å². The van der Waals surface area contributed by atoms with Crippen LogP contribution in [0.4, 0.5) is 19.5 Å². The summed E-state index contributed by atoms with van der Waals surface area (Å²) in [6.45, 7) is 2.93. The van der Waals surface area contributed by atoms with Crippen LogP contribution in [0.15, 0.2) is 22.9 Å². The molecule has 0 bridgehead atoms. The predicted molar refractivity (Wildman–Crippen MR) is 96.4 cm³/mol. The fourth-order valence-corrected chi connectivity index (χ4v) is 3.65. The zero-order valence-corrected chi connectivity index (χ0v) is 15.8. The van der Waals surface area contributed by atoms with Gasteiger partial charge < -0.3 is 14.2 Å². The number of hydrogen-bond donors (Lipinski definition) is 0. The highest BCUT2D eigenvalue weighted by molar-refractivity contribution is 5.87. The summed E-state index contributed by atoms with van der Waals surface area (Å²) < 4.78 is 36.2. The van der Waals surface area contributed by atoms with Crippen molar-refractivity contribution in [2.75, 3.05) is 18.1 Å². The van der Waals surface area contributed by atoms with E-state index in [2.05, 4.69) is 10.1 Å². The monoisotopic (exact) mass is 406 g/mol. The average molecular weight is 406 g/mol. The van der Waals surface area contributed by atoms with Gasteiger partial charge >= 0.3 is 6.09 Å². The van der Waals surface area contributed by atoms with Gasteiger partial charge in [0.2, 0.25) is 11.8 Å². The highest BCUT2D eigenvalue weighted by atomic mass is 19.3. The molecule has 4 heterocycles. The summed E-state index contributed by atoms with van der Waals surface area (Å²) >= 11 is 0. The molecule has 2 aliphatic heterocycles. The number of rotatable bonds is 4. The van der Waals surface area contributed by atoms with Gasteiger partial charge in [0.15, 0.2) is 0 Å². The average Bonchev–Trinajstić information content (AvgIpc) is 3.10. The SMILES string of the molecule is C[C@H]1Cc2noc(N3CCCOC3=O)c2CN1C(=O)Cc1ccnc(C(F)F)c1. The van der Waals surface area contributed by atoms with Crippen molar-refractivity contribution in [2.45, 2.75) is 45.2 Å². The lowest BCUT2D eigenvalue weighted by molar-refractivity contribution is -0.133. The molecule has 8 nitrogen and oxygen atoms in total. The highest BCUT2D eigenvalue weighted by Gasteiger charge is 2.36. The van der Waals surface area contributed by atoms with Crippen LogP contribution in [0.5, 0.6) is 0 Å². The Labute approximate surface area is 165 Å². The summed E-state index contributed by atoms with van der Waals surface area (Å²) in [4.78, 5) is 31.6. The largest absolute Gasteiger partial charge is 0.449 e. The number of halogens is 2. The van der Waals surface area contributed by atoms with Gasteiger partial charge in [-0.2, -0.15) is 0 Å². The van der Waals surface area contributed by atoms with Crippen LogP contribution in [0.1, 0.15) is 42.3 Å². The van der Waals surface area contributed by atoms with Crippen LogP contribution in [-0.2, 0) is 28.9 Å². The van der Waals surface area contributed by atoms with Crippen molar-refractivity contribution in [3.8, 4) is 0 Å². The molecule has 2 aromatic heterocycles. The zero-order chi connectivity index (χ0) is 20.5. The van der Waals surface area contributed by atoms with E-state index in [1.54, 1.807) is 11.0 Å². The van der Waals surface area contributed by atoms with Gasteiger partial charge in [0, 0.05) is 25.2 Å². The normalized spacial score (nSPS) is 19.3. The van der Waals surface area contributed by atoms with Crippen molar-refractivity contribution >= 4 is 17.9 Å². The lowest BCUT2D eigenvalue weighted by Gasteiger charge is -2.34. The van der Waals surface area contributed by atoms with Gasteiger partial charge in [-0.05, 0) is 31.0 Å². The number of carbonyl (C=O) groups is 2. The van der Waals surface area contributed by atoms with Gasteiger partial charge in [-0.3, -0.25) is 9.78 Å². The molecule has 10 heteroatoms. The third-order valence-corrected chi connectivity index (χ3v) is 5.16. The van der Waals surface area contributed by atoms with Crippen molar-refractivity contribution < 1.29 is 27.6 Å². The summed E-state index contributed by atoms with van der Waals surface area (Å²) in [5.74, 6) is 0.0984. The first-order valence-corrected chi connectivity index (χ1v) is 9.38. The molecule has 4 rings (SSSR count). The number of aromatic nitrogens is 2. The van der Waals surface area contributed by atoms with Crippen LogP contribution in [0, 0.1) is 0 Å². The molecule has 2 aromatic rings. The summed E-state index contributed by atoms with van der Waals surface area (Å²) in [6, 6.07) is 2.66. The Kier molecular flexibility index (Phi) is 5.16. The molecule has 0 aliphatic carbocycles. The quantitative estimate of drug-likeness (QED) is 0.776. The lowest BCUT2D eigenvalue weighted by atomic mass is 9.99. The number of fused-ring (bicyclic) bond motifs is 1. The lowest BCUT2D eigenvalue weighted by Crippen LogP contribution is -2.44. The molecule has 0 radical (unpaired) electrons. The molecule has 1 atom stereocenters. The molecule has 1 fully saturated rings. The van der Waals surface area contributed by atoms with Gasteiger partial charge in [-0.25, -0.2) is 18.5 Å². The molecular weight excluding hydrogens is 386 g/mol. The van der Waals surface area contributed by atoms with Crippen LogP contribution in [0.3, 0.4) is 0 Å². The molecule has 2 aliphatic rings. The maximum atomic E-state index is 12.9. The third-order valence-electron chi connectivity index (χ3n) is 5.16. The maximum Gasteiger partial charge on any atom is 0.416 e. The molecule has 0 aromatic carbocycles. The summed E-state index contributed by atoms with van der Waals surface area (Å²) in [5, 5.41) is 4.07. The molecule has 0 spiro atoms. The van der Waals surface area contributed by atoms with Crippen LogP contribution < -0.4 is 4.90 Å². The van der Waals surface area contributed by atoms with E-state index in [9.17, 15) is 18.4 Å². The number of cyclic esters (lactones) is 1. The summed E-state index contributed by atoms with van der Waals surface area (Å²) in [5.41, 5.74) is 1.51. The number of anilines is 1. The van der Waals surface area contributed by atoms with Crippen LogP contribution in [-0.4, -0.2) is 46.2 Å². The van der Waals surface area contributed by atoms with Gasteiger partial charge in [0.05, 0.1) is 30.8 Å². The Bertz CT molecular complexity index is 933. The Hall–Kier alpha value is -3.04. The Morgan fingerprint density at radius 1 is 1.41 bits per heavy atom. The zero-order valence-electron chi connectivity index (χ0n) is 15.8. The molecule has 0 N–H and O–H groups in total. The molecule has 0 saturated carbocycles. The molecule has 2 amide bonds. The molecule has 1 saturated heterocycles. The minimum Gasteiger partial charge on any atom is -0.449 e. The Morgan fingerprint density at radius 2 is 2.24 bits per heavy atom. The third kappa shape index (κ3) is 3.79. The van der Waals surface area contributed by atoms with Crippen molar-refractivity contribution in [1.29, 1.82) is 0 Å². The summed E-state index contributed by atoms with van der Waals surface area (Å²) in [7, 11) is 0. The molecule has 154 valence electrons. The topological polar surface area (TPSA) is 88.8 Å². The van der Waals surface area contributed by atoms with E-state index in [-0.39, 0.29) is 30.6 Å². The van der Waals surface area contributed by atoms with Crippen molar-refractivity contribution in [2.24, 2.45) is 0 Å². The fourth-order valence-electron chi connectivity index (χ4n) is 3.65. The number of alkyl halides is 2. The molecule has 29 heavy (non-hydrogen) atoms. The number of hydrogen-bond acceptors (Lipinski definition) is 6. The first-order chi connectivity index (χ1) is 13.9. The van der Waals surface area contributed by atoms with Crippen LogP contribution in [0.25, 0.3) is 0 Å². The van der Waals surface area contributed by atoms with Crippen molar-refractivity contribution in [1.82, 2.24) is 15.0 Å². The van der Waals surface area contributed by atoms with E-state index in [0.717, 1.165) is 0 Å². The van der Waals surface area contributed by atoms with Gasteiger partial charge in [0.25, 0.3) is 6.43 Å². The standard InChI is InChI=1S/C19H20F2N4O4/c1-11-7-14-13(18(29-23-14)24-5-2-6-28-19(24)27)10-25(11)16(26)9-12-3-4-22-15(8-12)17(20)21/h3-4,8,11,17H,2,5-7,9-10H2,1H3/t11-/m0/s1. The Morgan fingerprint density at radius 3 is 3.00 bits per heavy atom. The first-order valence-electron chi connectivity index (χ1n) is 9.38. The van der Waals surface area contributed by atoms with Crippen molar-refractivity contribution in [3.63, 3.8) is 0 Å². The number of nitrogens with zero attached hydrogens (tertiary/aromatic N) is 4. The second-order valence-electron chi connectivity index (χ2n) is 7.17. The number of carbonyl (C=O) groups excluding carboxylic acids is 2. The predicted octanol–water partition coefficient (Wildman–Crippen LogP) is 2.87. The minimum atomic E-state index is -2.69.